The minimum atomic E-state index is -4.01. The second-order valence-electron chi connectivity index (χ2n) is 8.14. The first-order valence-corrected chi connectivity index (χ1v) is 14.6. The Morgan fingerprint density at radius 2 is 1.05 bits per heavy atom. The van der Waals surface area contributed by atoms with Crippen molar-refractivity contribution in [3.63, 3.8) is 0 Å². The number of nitriles is 1. The van der Waals surface area contributed by atoms with E-state index in [-0.39, 0.29) is 15.5 Å². The molecule has 0 fully saturated rings. The molecule has 0 spiro atoms. The third-order valence-corrected chi connectivity index (χ3v) is 7.43. The second-order valence-corrected chi connectivity index (χ2v) is 11.2. The van der Waals surface area contributed by atoms with Crippen LogP contribution in [0.15, 0.2) is 135 Å². The molecule has 4 aromatic carbocycles. The molecule has 4 aromatic rings. The summed E-state index contributed by atoms with van der Waals surface area (Å²) in [6.07, 6.45) is 0. The lowest BCUT2D eigenvalue weighted by Gasteiger charge is -2.03. The normalized spacial score (nSPS) is 11.9. The highest BCUT2D eigenvalue weighted by Crippen LogP contribution is 2.15. The van der Waals surface area contributed by atoms with Crippen molar-refractivity contribution in [2.75, 3.05) is 0 Å². The number of oxime groups is 2. The van der Waals surface area contributed by atoms with Crippen LogP contribution in [0, 0.1) is 18.3 Å². The van der Waals surface area contributed by atoms with Gasteiger partial charge in [-0.2, -0.15) is 22.1 Å². The SMILES string of the molecule is C/C(=N\OS(=O)(=O)c1ccc(C)cc1)c1ccccc1.N#C/C(=N\OS(=O)(=O)c1ccccc1)c1ccccc1. The van der Waals surface area contributed by atoms with Crippen molar-refractivity contribution in [3.05, 3.63) is 132 Å². The van der Waals surface area contributed by atoms with Crippen molar-refractivity contribution in [2.45, 2.75) is 23.6 Å². The van der Waals surface area contributed by atoms with Crippen LogP contribution in [0.5, 0.6) is 0 Å². The van der Waals surface area contributed by atoms with E-state index in [4.69, 9.17) is 9.55 Å². The van der Waals surface area contributed by atoms with Crippen LogP contribution >= 0.6 is 0 Å². The molecule has 4 rings (SSSR count). The van der Waals surface area contributed by atoms with E-state index in [0.29, 0.717) is 11.3 Å². The van der Waals surface area contributed by atoms with E-state index in [0.717, 1.165) is 11.1 Å². The number of benzene rings is 4. The predicted molar refractivity (Wildman–Crippen MR) is 151 cm³/mol. The van der Waals surface area contributed by atoms with Gasteiger partial charge in [-0.25, -0.2) is 0 Å². The van der Waals surface area contributed by atoms with Crippen LogP contribution in [0.4, 0.5) is 0 Å². The van der Waals surface area contributed by atoms with E-state index < -0.39 is 20.2 Å². The molecule has 9 nitrogen and oxygen atoms in total. The highest BCUT2D eigenvalue weighted by molar-refractivity contribution is 7.87. The minimum Gasteiger partial charge on any atom is -0.265 e. The fraction of sp³-hybridized carbons (Fsp3) is 0.0690. The van der Waals surface area contributed by atoms with E-state index in [9.17, 15) is 16.8 Å². The van der Waals surface area contributed by atoms with Gasteiger partial charge in [0, 0.05) is 5.56 Å². The van der Waals surface area contributed by atoms with Gasteiger partial charge < -0.3 is 0 Å². The third kappa shape index (κ3) is 8.62. The van der Waals surface area contributed by atoms with Crippen molar-refractivity contribution in [2.24, 2.45) is 10.3 Å². The Morgan fingerprint density at radius 1 is 0.625 bits per heavy atom. The van der Waals surface area contributed by atoms with Gasteiger partial charge in [0.1, 0.15) is 15.9 Å². The molecular weight excluding hydrogens is 550 g/mol. The molecule has 0 bridgehead atoms. The molecule has 0 atom stereocenters. The summed E-state index contributed by atoms with van der Waals surface area (Å²) in [5.74, 6) is 0. The van der Waals surface area contributed by atoms with E-state index in [1.165, 1.54) is 24.3 Å². The van der Waals surface area contributed by atoms with Gasteiger partial charge in [-0.05, 0) is 43.7 Å². The molecule has 0 heterocycles. The first-order valence-electron chi connectivity index (χ1n) is 11.7. The number of hydrogen-bond acceptors (Lipinski definition) is 9. The van der Waals surface area contributed by atoms with Gasteiger partial charge >= 0.3 is 20.2 Å². The highest BCUT2D eigenvalue weighted by atomic mass is 32.2. The fourth-order valence-corrected chi connectivity index (χ4v) is 4.55. The number of hydrogen-bond donors (Lipinski definition) is 0. The lowest BCUT2D eigenvalue weighted by molar-refractivity contribution is 0.338. The van der Waals surface area contributed by atoms with Crippen LogP contribution in [-0.2, 0) is 28.8 Å². The molecule has 0 N–H and O–H groups in total. The molecule has 0 saturated heterocycles. The van der Waals surface area contributed by atoms with Crippen molar-refractivity contribution < 1.29 is 25.4 Å². The van der Waals surface area contributed by atoms with Crippen LogP contribution in [0.3, 0.4) is 0 Å². The molecule has 0 saturated carbocycles. The Bertz CT molecular complexity index is 1720. The Balaban J connectivity index is 0.000000220. The Hall–Kier alpha value is -4.79. The molecule has 0 aliphatic carbocycles. The molecular formula is C29H25N3O6S2. The summed E-state index contributed by atoms with van der Waals surface area (Å²) >= 11 is 0. The monoisotopic (exact) mass is 575 g/mol. The summed E-state index contributed by atoms with van der Waals surface area (Å²) in [6.45, 7) is 3.58. The van der Waals surface area contributed by atoms with Crippen molar-refractivity contribution in [1.29, 1.82) is 5.26 Å². The average molecular weight is 576 g/mol. The lowest BCUT2D eigenvalue weighted by Crippen LogP contribution is -2.05. The first kappa shape index (κ1) is 29.8. The highest BCUT2D eigenvalue weighted by Gasteiger charge is 2.16. The Labute approximate surface area is 233 Å². The molecule has 40 heavy (non-hydrogen) atoms. The lowest BCUT2D eigenvalue weighted by atomic mass is 10.1. The summed E-state index contributed by atoms with van der Waals surface area (Å²) < 4.78 is 56.9. The summed E-state index contributed by atoms with van der Waals surface area (Å²) in [4.78, 5) is 0.0711. The van der Waals surface area contributed by atoms with Gasteiger partial charge in [-0.3, -0.25) is 8.57 Å². The molecule has 0 unspecified atom stereocenters. The number of nitrogens with zero attached hydrogens (tertiary/aromatic N) is 3. The molecule has 0 radical (unpaired) electrons. The van der Waals surface area contributed by atoms with E-state index in [2.05, 4.69) is 14.6 Å². The molecule has 204 valence electrons. The topological polar surface area (TPSA) is 135 Å². The van der Waals surface area contributed by atoms with Gasteiger partial charge in [0.2, 0.25) is 0 Å². The predicted octanol–water partition coefficient (Wildman–Crippen LogP) is 5.44. The maximum absolute atomic E-state index is 11.9. The minimum absolute atomic E-state index is 0.0194. The fourth-order valence-electron chi connectivity index (χ4n) is 3.04. The second kappa shape index (κ2) is 13.8. The molecule has 0 aromatic heterocycles. The smallest absolute Gasteiger partial charge is 0.265 e. The summed E-state index contributed by atoms with van der Waals surface area (Å²) in [5.41, 5.74) is 2.67. The van der Waals surface area contributed by atoms with Gasteiger partial charge in [0.15, 0.2) is 5.71 Å². The molecule has 11 heteroatoms. The van der Waals surface area contributed by atoms with Gasteiger partial charge in [0.05, 0.1) is 5.71 Å². The third-order valence-electron chi connectivity index (χ3n) is 5.19. The zero-order valence-corrected chi connectivity index (χ0v) is 23.2. The summed E-state index contributed by atoms with van der Waals surface area (Å²) in [6, 6.07) is 33.6. The van der Waals surface area contributed by atoms with Crippen molar-refractivity contribution in [3.8, 4) is 6.07 Å². The molecule has 0 aliphatic heterocycles. The quantitative estimate of drug-likeness (QED) is 0.201. The van der Waals surface area contributed by atoms with Crippen molar-refractivity contribution in [1.82, 2.24) is 0 Å². The van der Waals surface area contributed by atoms with Crippen LogP contribution < -0.4 is 0 Å². The Kier molecular flexibility index (Phi) is 10.3. The van der Waals surface area contributed by atoms with E-state index in [1.54, 1.807) is 73.7 Å². The number of aryl methyl sites for hydroxylation is 1. The van der Waals surface area contributed by atoms with Gasteiger partial charge in [0.25, 0.3) is 0 Å². The van der Waals surface area contributed by atoms with Crippen LogP contribution in [0.25, 0.3) is 0 Å². The maximum Gasteiger partial charge on any atom is 0.358 e. The van der Waals surface area contributed by atoms with Gasteiger partial charge in [-0.1, -0.05) is 107 Å². The van der Waals surface area contributed by atoms with Gasteiger partial charge in [-0.15, -0.1) is 0 Å². The zero-order chi connectivity index (χ0) is 29.0. The maximum atomic E-state index is 11.9. The summed E-state index contributed by atoms with van der Waals surface area (Å²) in [5, 5.41) is 16.1. The molecule has 0 aliphatic rings. The van der Waals surface area contributed by atoms with Crippen LogP contribution in [-0.4, -0.2) is 28.3 Å². The zero-order valence-electron chi connectivity index (χ0n) is 21.6. The number of rotatable bonds is 8. The van der Waals surface area contributed by atoms with E-state index >= 15 is 0 Å². The largest absolute Gasteiger partial charge is 0.358 e. The first-order chi connectivity index (χ1) is 19.1. The van der Waals surface area contributed by atoms with E-state index in [1.807, 2.05) is 37.3 Å². The van der Waals surface area contributed by atoms with Crippen LogP contribution in [0.1, 0.15) is 23.6 Å². The average Bonchev–Trinajstić information content (AvgIpc) is 2.98. The summed E-state index contributed by atoms with van der Waals surface area (Å²) in [7, 11) is -7.88. The Morgan fingerprint density at radius 3 is 1.55 bits per heavy atom. The van der Waals surface area contributed by atoms with Crippen molar-refractivity contribution >= 4 is 31.7 Å². The molecule has 0 amide bonds. The standard InChI is InChI=1S/C15H15NO3S.C14H10N2O3S/c1-12-8-10-15(11-9-12)20(17,18)19-16-13(2)14-6-4-3-5-7-14;15-11-14(12-7-3-1-4-8-12)16-19-20(17,18)13-9-5-2-6-10-13/h3-11H,1-2H3;1-10H/b16-13+;16-14+. The van der Waals surface area contributed by atoms with Crippen LogP contribution in [0.2, 0.25) is 0 Å².